The minimum absolute atomic E-state index is 0.218. The predicted molar refractivity (Wildman–Crippen MR) is 69.6 cm³/mol. The van der Waals surface area contributed by atoms with Crippen molar-refractivity contribution < 1.29 is 4.39 Å². The van der Waals surface area contributed by atoms with Gasteiger partial charge in [-0.3, -0.25) is 0 Å². The van der Waals surface area contributed by atoms with Gasteiger partial charge in [-0.1, -0.05) is 37.4 Å². The first kappa shape index (κ1) is 12.8. The van der Waals surface area contributed by atoms with Crippen molar-refractivity contribution in [2.45, 2.75) is 32.7 Å². The fourth-order valence-electron chi connectivity index (χ4n) is 2.58. The first-order valence-electron chi connectivity index (χ1n) is 6.31. The molecule has 0 heterocycles. The Labute approximate surface area is 107 Å². The summed E-state index contributed by atoms with van der Waals surface area (Å²) in [4.78, 5) is 0. The molecule has 2 atom stereocenters. The summed E-state index contributed by atoms with van der Waals surface area (Å²) in [5.74, 6) is 1.34. The van der Waals surface area contributed by atoms with E-state index in [-0.39, 0.29) is 5.82 Å². The Kier molecular flexibility index (Phi) is 4.41. The van der Waals surface area contributed by atoms with E-state index in [1.807, 2.05) is 0 Å². The summed E-state index contributed by atoms with van der Waals surface area (Å²) in [5.41, 5.74) is 0.694. The van der Waals surface area contributed by atoms with Crippen LogP contribution in [0.3, 0.4) is 0 Å². The van der Waals surface area contributed by atoms with Crippen molar-refractivity contribution in [3.8, 4) is 0 Å². The van der Waals surface area contributed by atoms with Gasteiger partial charge in [-0.2, -0.15) is 0 Å². The summed E-state index contributed by atoms with van der Waals surface area (Å²) in [7, 11) is 0. The van der Waals surface area contributed by atoms with E-state index in [0.717, 1.165) is 18.4 Å². The first-order valence-corrected chi connectivity index (χ1v) is 6.69. The highest BCUT2D eigenvalue weighted by molar-refractivity contribution is 6.30. The quantitative estimate of drug-likeness (QED) is 0.857. The van der Waals surface area contributed by atoms with E-state index < -0.39 is 0 Å². The molecular weight excluding hydrogens is 237 g/mol. The molecule has 17 heavy (non-hydrogen) atoms. The van der Waals surface area contributed by atoms with Crippen LogP contribution in [0.5, 0.6) is 0 Å². The van der Waals surface area contributed by atoms with Gasteiger partial charge in [-0.15, -0.1) is 0 Å². The molecule has 2 rings (SSSR count). The van der Waals surface area contributed by atoms with Crippen LogP contribution < -0.4 is 5.32 Å². The Bertz CT molecular complexity index is 380. The van der Waals surface area contributed by atoms with Crippen LogP contribution in [0.25, 0.3) is 0 Å². The molecule has 94 valence electrons. The first-order chi connectivity index (χ1) is 8.16. The van der Waals surface area contributed by atoms with Gasteiger partial charge in [0.15, 0.2) is 0 Å². The Morgan fingerprint density at radius 1 is 1.41 bits per heavy atom. The van der Waals surface area contributed by atoms with Crippen molar-refractivity contribution >= 4 is 11.6 Å². The number of halogens is 2. The molecular formula is C14H19ClFN. The van der Waals surface area contributed by atoms with Gasteiger partial charge < -0.3 is 5.32 Å². The summed E-state index contributed by atoms with van der Waals surface area (Å²) in [5, 5.41) is 3.81. The summed E-state index contributed by atoms with van der Waals surface area (Å²) >= 11 is 5.71. The van der Waals surface area contributed by atoms with Crippen molar-refractivity contribution in [2.75, 3.05) is 6.54 Å². The summed E-state index contributed by atoms with van der Waals surface area (Å²) < 4.78 is 13.5. The molecule has 2 unspecified atom stereocenters. The second-order valence-corrected chi connectivity index (χ2v) is 5.47. The molecule has 0 amide bonds. The Balaban J connectivity index is 1.81. The maximum atomic E-state index is 13.5. The number of hydrogen-bond donors (Lipinski definition) is 1. The molecule has 0 aliphatic heterocycles. The molecule has 1 fully saturated rings. The lowest BCUT2D eigenvalue weighted by Gasteiger charge is -2.16. The second kappa shape index (κ2) is 5.83. The van der Waals surface area contributed by atoms with Crippen molar-refractivity contribution in [1.29, 1.82) is 0 Å². The van der Waals surface area contributed by atoms with Crippen LogP contribution >= 0.6 is 11.6 Å². The monoisotopic (exact) mass is 255 g/mol. The van der Waals surface area contributed by atoms with Gasteiger partial charge in [-0.25, -0.2) is 4.39 Å². The van der Waals surface area contributed by atoms with E-state index >= 15 is 0 Å². The third-order valence-corrected chi connectivity index (χ3v) is 4.01. The lowest BCUT2D eigenvalue weighted by atomic mass is 9.98. The zero-order valence-electron chi connectivity index (χ0n) is 10.2. The molecule has 0 bridgehead atoms. The lowest BCUT2D eigenvalue weighted by molar-refractivity contribution is 0.390. The lowest BCUT2D eigenvalue weighted by Crippen LogP contribution is -2.24. The van der Waals surface area contributed by atoms with Crippen LogP contribution in [0.1, 0.15) is 31.7 Å². The van der Waals surface area contributed by atoms with E-state index in [1.54, 1.807) is 12.1 Å². The van der Waals surface area contributed by atoms with Crippen molar-refractivity contribution in [1.82, 2.24) is 5.32 Å². The molecule has 1 aromatic carbocycles. The van der Waals surface area contributed by atoms with Crippen LogP contribution in [0, 0.1) is 17.7 Å². The zero-order valence-corrected chi connectivity index (χ0v) is 10.9. The number of hydrogen-bond acceptors (Lipinski definition) is 1. The predicted octanol–water partition coefficient (Wildman–Crippen LogP) is 4.00. The molecule has 0 spiro atoms. The van der Waals surface area contributed by atoms with Gasteiger partial charge in [0.2, 0.25) is 0 Å². The van der Waals surface area contributed by atoms with Crippen molar-refractivity contribution in [2.24, 2.45) is 11.8 Å². The number of rotatable bonds is 4. The largest absolute Gasteiger partial charge is 0.312 e. The van der Waals surface area contributed by atoms with Crippen molar-refractivity contribution in [3.63, 3.8) is 0 Å². The SMILES string of the molecule is CC1CCCC1CNCc1ccc(Cl)cc1F. The maximum Gasteiger partial charge on any atom is 0.129 e. The fraction of sp³-hybridized carbons (Fsp3) is 0.571. The summed E-state index contributed by atoms with van der Waals surface area (Å²) in [6.45, 7) is 3.89. The van der Waals surface area contributed by atoms with Crippen molar-refractivity contribution in [3.05, 3.63) is 34.6 Å². The Hall–Kier alpha value is -0.600. The third kappa shape index (κ3) is 3.43. The minimum Gasteiger partial charge on any atom is -0.312 e. The van der Waals surface area contributed by atoms with Crippen LogP contribution in [0.2, 0.25) is 5.02 Å². The van der Waals surface area contributed by atoms with Crippen LogP contribution in [-0.2, 0) is 6.54 Å². The molecule has 1 N–H and O–H groups in total. The highest BCUT2D eigenvalue weighted by atomic mass is 35.5. The zero-order chi connectivity index (χ0) is 12.3. The molecule has 1 nitrogen and oxygen atoms in total. The van der Waals surface area contributed by atoms with Gasteiger partial charge in [0, 0.05) is 17.1 Å². The Morgan fingerprint density at radius 2 is 2.24 bits per heavy atom. The summed E-state index contributed by atoms with van der Waals surface area (Å²) in [6.07, 6.45) is 3.97. The van der Waals surface area contributed by atoms with Gasteiger partial charge in [0.1, 0.15) is 5.82 Å². The highest BCUT2D eigenvalue weighted by Crippen LogP contribution is 2.30. The average Bonchev–Trinajstić information content (AvgIpc) is 2.68. The normalized spacial score (nSPS) is 24.2. The molecule has 0 aromatic heterocycles. The topological polar surface area (TPSA) is 12.0 Å². The standard InChI is InChI=1S/C14H19ClFN/c1-10-3-2-4-11(10)8-17-9-12-5-6-13(15)7-14(12)16/h5-7,10-11,17H,2-4,8-9H2,1H3. The number of benzene rings is 1. The average molecular weight is 256 g/mol. The smallest absolute Gasteiger partial charge is 0.129 e. The van der Waals surface area contributed by atoms with Gasteiger partial charge in [0.25, 0.3) is 0 Å². The molecule has 1 saturated carbocycles. The molecule has 1 aromatic rings. The molecule has 1 aliphatic carbocycles. The summed E-state index contributed by atoms with van der Waals surface area (Å²) in [6, 6.07) is 4.86. The van der Waals surface area contributed by atoms with Crippen LogP contribution in [0.15, 0.2) is 18.2 Å². The number of nitrogens with one attached hydrogen (secondary N) is 1. The highest BCUT2D eigenvalue weighted by Gasteiger charge is 2.22. The van der Waals surface area contributed by atoms with Crippen LogP contribution in [-0.4, -0.2) is 6.54 Å². The van der Waals surface area contributed by atoms with E-state index in [9.17, 15) is 4.39 Å². The second-order valence-electron chi connectivity index (χ2n) is 5.03. The van der Waals surface area contributed by atoms with Gasteiger partial charge in [0.05, 0.1) is 0 Å². The minimum atomic E-state index is -0.218. The van der Waals surface area contributed by atoms with Gasteiger partial charge >= 0.3 is 0 Å². The van der Waals surface area contributed by atoms with E-state index in [2.05, 4.69) is 12.2 Å². The molecule has 1 aliphatic rings. The molecule has 0 radical (unpaired) electrons. The maximum absolute atomic E-state index is 13.5. The Morgan fingerprint density at radius 3 is 2.88 bits per heavy atom. The van der Waals surface area contributed by atoms with Gasteiger partial charge in [-0.05, 0) is 36.9 Å². The van der Waals surface area contributed by atoms with E-state index in [4.69, 9.17) is 11.6 Å². The third-order valence-electron chi connectivity index (χ3n) is 3.78. The molecule has 3 heteroatoms. The molecule has 0 saturated heterocycles. The fourth-order valence-corrected chi connectivity index (χ4v) is 2.74. The van der Waals surface area contributed by atoms with E-state index in [1.165, 1.54) is 25.3 Å². The van der Waals surface area contributed by atoms with Crippen LogP contribution in [0.4, 0.5) is 4.39 Å². The van der Waals surface area contributed by atoms with E-state index in [0.29, 0.717) is 17.1 Å².